The van der Waals surface area contributed by atoms with Crippen molar-refractivity contribution in [3.63, 3.8) is 0 Å². The summed E-state index contributed by atoms with van der Waals surface area (Å²) in [6.45, 7) is 1.47. The molecule has 16 heavy (non-hydrogen) atoms. The number of hydrogen-bond donors (Lipinski definition) is 0. The van der Waals surface area contributed by atoms with Gasteiger partial charge in [-0.3, -0.25) is 0 Å². The molecule has 0 amide bonds. The first kappa shape index (κ1) is 10.4. The van der Waals surface area contributed by atoms with E-state index >= 15 is 0 Å². The van der Waals surface area contributed by atoms with Crippen LogP contribution in [0.1, 0.15) is 12.8 Å². The molecule has 1 fully saturated rings. The molecular formula is C13H14O2S. The van der Waals surface area contributed by atoms with Gasteiger partial charge in [0, 0.05) is 17.7 Å². The van der Waals surface area contributed by atoms with Crippen LogP contribution in [0.3, 0.4) is 0 Å². The molecule has 1 aliphatic carbocycles. The molecule has 0 saturated carbocycles. The van der Waals surface area contributed by atoms with Gasteiger partial charge in [0.05, 0.1) is 13.2 Å². The highest BCUT2D eigenvalue weighted by molar-refractivity contribution is 8.03. The lowest BCUT2D eigenvalue weighted by Crippen LogP contribution is -2.25. The van der Waals surface area contributed by atoms with E-state index in [0.717, 1.165) is 26.1 Å². The van der Waals surface area contributed by atoms with Crippen molar-refractivity contribution in [3.05, 3.63) is 41.3 Å². The summed E-state index contributed by atoms with van der Waals surface area (Å²) < 4.78 is 11.4. The summed E-state index contributed by atoms with van der Waals surface area (Å²) in [6.07, 6.45) is 4.03. The number of hydrogen-bond acceptors (Lipinski definition) is 3. The van der Waals surface area contributed by atoms with Gasteiger partial charge in [-0.2, -0.15) is 0 Å². The number of thioether (sulfide) groups is 1. The molecule has 0 N–H and O–H groups in total. The van der Waals surface area contributed by atoms with Crippen LogP contribution in [0.25, 0.3) is 0 Å². The molecule has 3 heteroatoms. The quantitative estimate of drug-likeness (QED) is 0.783. The highest BCUT2D eigenvalue weighted by atomic mass is 32.2. The van der Waals surface area contributed by atoms with Crippen LogP contribution in [-0.2, 0) is 9.47 Å². The van der Waals surface area contributed by atoms with Crippen molar-refractivity contribution in [2.45, 2.75) is 23.5 Å². The topological polar surface area (TPSA) is 18.5 Å². The van der Waals surface area contributed by atoms with Crippen LogP contribution in [0.2, 0.25) is 0 Å². The summed E-state index contributed by atoms with van der Waals surface area (Å²) in [5.41, 5.74) is 0. The van der Waals surface area contributed by atoms with Crippen LogP contribution in [0.5, 0.6) is 0 Å². The van der Waals surface area contributed by atoms with Gasteiger partial charge >= 0.3 is 0 Å². The molecule has 0 unspecified atom stereocenters. The van der Waals surface area contributed by atoms with Gasteiger partial charge in [-0.1, -0.05) is 36.0 Å². The third-order valence-electron chi connectivity index (χ3n) is 2.89. The molecule has 1 spiro atoms. The van der Waals surface area contributed by atoms with Crippen LogP contribution in [0.15, 0.2) is 46.2 Å². The minimum atomic E-state index is -0.322. The maximum absolute atomic E-state index is 5.68. The highest BCUT2D eigenvalue weighted by Crippen LogP contribution is 2.43. The standard InChI is InChI=1S/C13H14O2S/c1-2-4-11(5-3-1)16-12-6-7-13(10-12)14-8-9-15-13/h1-6H,7-10H2. The molecular weight excluding hydrogens is 220 g/mol. The van der Waals surface area contributed by atoms with E-state index in [-0.39, 0.29) is 5.79 Å². The summed E-state index contributed by atoms with van der Waals surface area (Å²) in [4.78, 5) is 2.64. The third kappa shape index (κ3) is 2.03. The number of benzene rings is 1. The molecule has 1 aromatic carbocycles. The Labute approximate surface area is 99.6 Å². The van der Waals surface area contributed by atoms with Gasteiger partial charge < -0.3 is 9.47 Å². The lowest BCUT2D eigenvalue weighted by atomic mass is 10.2. The molecule has 0 atom stereocenters. The summed E-state index contributed by atoms with van der Waals surface area (Å²) in [7, 11) is 0. The van der Waals surface area contributed by atoms with Gasteiger partial charge in [-0.05, 0) is 17.0 Å². The zero-order valence-electron chi connectivity index (χ0n) is 9.02. The smallest absolute Gasteiger partial charge is 0.176 e. The molecule has 84 valence electrons. The molecule has 2 nitrogen and oxygen atoms in total. The summed E-state index contributed by atoms with van der Waals surface area (Å²) in [6, 6.07) is 10.4. The SMILES string of the molecule is C1=C(Sc2ccccc2)CC2(C1)OCCO2. The van der Waals surface area contributed by atoms with E-state index in [9.17, 15) is 0 Å². The maximum atomic E-state index is 5.68. The fourth-order valence-electron chi connectivity index (χ4n) is 2.11. The van der Waals surface area contributed by atoms with E-state index < -0.39 is 0 Å². The second-order valence-corrected chi connectivity index (χ2v) is 5.27. The zero-order valence-corrected chi connectivity index (χ0v) is 9.83. The van der Waals surface area contributed by atoms with Crippen LogP contribution in [0, 0.1) is 0 Å². The van der Waals surface area contributed by atoms with Crippen molar-refractivity contribution in [1.82, 2.24) is 0 Å². The second-order valence-electron chi connectivity index (χ2n) is 4.07. The Hall–Kier alpha value is -0.770. The Morgan fingerprint density at radius 2 is 1.81 bits per heavy atom. The van der Waals surface area contributed by atoms with Crippen LogP contribution >= 0.6 is 11.8 Å². The Bertz CT molecular complexity index is 394. The van der Waals surface area contributed by atoms with Crippen molar-refractivity contribution in [3.8, 4) is 0 Å². The zero-order chi connectivity index (χ0) is 10.8. The van der Waals surface area contributed by atoms with Gasteiger partial charge in [0.25, 0.3) is 0 Å². The molecule has 0 radical (unpaired) electrons. The Kier molecular flexibility index (Phi) is 2.75. The molecule has 0 bridgehead atoms. The van der Waals surface area contributed by atoms with Gasteiger partial charge in [0.15, 0.2) is 5.79 Å². The van der Waals surface area contributed by atoms with Gasteiger partial charge in [0.2, 0.25) is 0 Å². The van der Waals surface area contributed by atoms with Crippen LogP contribution < -0.4 is 0 Å². The average Bonchev–Trinajstić information content (AvgIpc) is 2.92. The first-order valence-electron chi connectivity index (χ1n) is 5.56. The highest BCUT2D eigenvalue weighted by Gasteiger charge is 2.40. The number of ether oxygens (including phenoxy) is 2. The monoisotopic (exact) mass is 234 g/mol. The molecule has 1 heterocycles. The third-order valence-corrected chi connectivity index (χ3v) is 3.97. The van der Waals surface area contributed by atoms with E-state index in [4.69, 9.17) is 9.47 Å². The van der Waals surface area contributed by atoms with Crippen molar-refractivity contribution in [2.75, 3.05) is 13.2 Å². The summed E-state index contributed by atoms with van der Waals surface area (Å²) in [5.74, 6) is -0.322. The van der Waals surface area contributed by atoms with Gasteiger partial charge in [0.1, 0.15) is 0 Å². The minimum absolute atomic E-state index is 0.322. The molecule has 1 saturated heterocycles. The Balaban J connectivity index is 1.66. The first-order valence-corrected chi connectivity index (χ1v) is 6.38. The number of rotatable bonds is 2. The van der Waals surface area contributed by atoms with E-state index in [0.29, 0.717) is 0 Å². The van der Waals surface area contributed by atoms with E-state index in [1.807, 2.05) is 17.8 Å². The summed E-state index contributed by atoms with van der Waals surface area (Å²) >= 11 is 1.81. The molecule has 3 rings (SSSR count). The fourth-order valence-corrected chi connectivity index (χ4v) is 3.17. The largest absolute Gasteiger partial charge is 0.347 e. The Morgan fingerprint density at radius 1 is 1.06 bits per heavy atom. The maximum Gasteiger partial charge on any atom is 0.176 e. The summed E-state index contributed by atoms with van der Waals surface area (Å²) in [5, 5.41) is 0. The fraction of sp³-hybridized carbons (Fsp3) is 0.385. The van der Waals surface area contributed by atoms with Crippen molar-refractivity contribution < 1.29 is 9.47 Å². The van der Waals surface area contributed by atoms with Crippen molar-refractivity contribution in [1.29, 1.82) is 0 Å². The Morgan fingerprint density at radius 3 is 2.56 bits per heavy atom. The molecule has 1 aromatic rings. The average molecular weight is 234 g/mol. The van der Waals surface area contributed by atoms with E-state index in [1.165, 1.54) is 9.80 Å². The van der Waals surface area contributed by atoms with Crippen molar-refractivity contribution in [2.24, 2.45) is 0 Å². The van der Waals surface area contributed by atoms with Gasteiger partial charge in [-0.25, -0.2) is 0 Å². The lowest BCUT2D eigenvalue weighted by molar-refractivity contribution is -0.146. The van der Waals surface area contributed by atoms with Crippen LogP contribution in [-0.4, -0.2) is 19.0 Å². The predicted molar refractivity (Wildman–Crippen MR) is 64.3 cm³/mol. The van der Waals surface area contributed by atoms with Gasteiger partial charge in [-0.15, -0.1) is 0 Å². The molecule has 0 aromatic heterocycles. The lowest BCUT2D eigenvalue weighted by Gasteiger charge is -2.21. The van der Waals surface area contributed by atoms with Crippen LogP contribution in [0.4, 0.5) is 0 Å². The van der Waals surface area contributed by atoms with Crippen molar-refractivity contribution >= 4 is 11.8 Å². The predicted octanol–water partition coefficient (Wildman–Crippen LogP) is 3.20. The second kappa shape index (κ2) is 4.24. The first-order chi connectivity index (χ1) is 7.86. The minimum Gasteiger partial charge on any atom is -0.347 e. The normalized spacial score (nSPS) is 22.6. The molecule has 2 aliphatic rings. The van der Waals surface area contributed by atoms with E-state index in [1.54, 1.807) is 0 Å². The van der Waals surface area contributed by atoms with E-state index in [2.05, 4.69) is 30.3 Å². The molecule has 1 aliphatic heterocycles.